The van der Waals surface area contributed by atoms with Gasteiger partial charge in [0.25, 0.3) is 0 Å². The van der Waals surface area contributed by atoms with Gasteiger partial charge in [-0.05, 0) is 20.8 Å². The Hall–Kier alpha value is -0.360. The summed E-state index contributed by atoms with van der Waals surface area (Å²) in [6, 6.07) is -0.132. The molecule has 3 atom stereocenters. The zero-order valence-electron chi connectivity index (χ0n) is 10.1. The smallest absolute Gasteiger partial charge is 0.312 e. The first-order chi connectivity index (χ1) is 6.84. The van der Waals surface area contributed by atoms with Crippen LogP contribution in [0.3, 0.4) is 0 Å². The number of methoxy groups -OCH3 is 1. The Morgan fingerprint density at radius 1 is 1.44 bits per heavy atom. The zero-order chi connectivity index (χ0) is 11.6. The first-order valence-corrected chi connectivity index (χ1v) is 5.10. The van der Waals surface area contributed by atoms with Crippen LogP contribution in [0.1, 0.15) is 27.2 Å². The summed E-state index contributed by atoms with van der Waals surface area (Å²) in [4.78, 5) is 11.6. The molecule has 1 aliphatic heterocycles. The molecule has 0 saturated carbocycles. The standard InChI is InChI=1S/C10H20N2O3.ClH/c1-10(2,3)9(13)15-7-5-6(11)8(12-7)14-4;/h6-8,12H,5,11H2,1-4H3;1H. The first-order valence-electron chi connectivity index (χ1n) is 5.10. The van der Waals surface area contributed by atoms with Gasteiger partial charge in [-0.1, -0.05) is 0 Å². The van der Waals surface area contributed by atoms with Crippen LogP contribution < -0.4 is 11.1 Å². The summed E-state index contributed by atoms with van der Waals surface area (Å²) in [5, 5.41) is 3.00. The molecule has 3 N–H and O–H groups in total. The third kappa shape index (κ3) is 3.90. The molecule has 6 heteroatoms. The minimum atomic E-state index is -0.489. The van der Waals surface area contributed by atoms with Gasteiger partial charge in [0.1, 0.15) is 6.23 Å². The Morgan fingerprint density at radius 3 is 2.38 bits per heavy atom. The number of hydrogen-bond acceptors (Lipinski definition) is 5. The van der Waals surface area contributed by atoms with E-state index in [2.05, 4.69) is 5.32 Å². The van der Waals surface area contributed by atoms with Crippen molar-refractivity contribution < 1.29 is 14.3 Å². The Morgan fingerprint density at radius 2 is 2.00 bits per heavy atom. The van der Waals surface area contributed by atoms with Crippen LogP contribution in [0.4, 0.5) is 0 Å². The maximum atomic E-state index is 11.6. The van der Waals surface area contributed by atoms with Crippen LogP contribution in [0.5, 0.6) is 0 Å². The number of hydrogen-bond donors (Lipinski definition) is 2. The molecular formula is C10H21ClN2O3. The van der Waals surface area contributed by atoms with Gasteiger partial charge in [0, 0.05) is 19.6 Å². The lowest BCUT2D eigenvalue weighted by Crippen LogP contribution is -2.40. The van der Waals surface area contributed by atoms with Gasteiger partial charge < -0.3 is 15.2 Å². The molecule has 1 fully saturated rings. The quantitative estimate of drug-likeness (QED) is 0.705. The Kier molecular flexibility index (Phi) is 5.69. The number of carbonyl (C=O) groups is 1. The van der Waals surface area contributed by atoms with E-state index >= 15 is 0 Å². The zero-order valence-corrected chi connectivity index (χ0v) is 11.0. The lowest BCUT2D eigenvalue weighted by Gasteiger charge is -2.20. The number of rotatable bonds is 2. The van der Waals surface area contributed by atoms with E-state index in [1.807, 2.05) is 20.8 Å². The predicted molar refractivity (Wildman–Crippen MR) is 63.1 cm³/mol. The topological polar surface area (TPSA) is 73.6 Å². The number of esters is 1. The van der Waals surface area contributed by atoms with E-state index in [0.717, 1.165) is 0 Å². The SMILES string of the molecule is COC1NC(OC(=O)C(C)(C)C)CC1N.Cl. The minimum Gasteiger partial charge on any atom is -0.446 e. The molecule has 5 nitrogen and oxygen atoms in total. The van der Waals surface area contributed by atoms with Crippen molar-refractivity contribution in [3.63, 3.8) is 0 Å². The summed E-state index contributed by atoms with van der Waals surface area (Å²) in [6.45, 7) is 5.45. The van der Waals surface area contributed by atoms with E-state index in [9.17, 15) is 4.79 Å². The molecule has 96 valence electrons. The molecule has 0 aromatic rings. The molecule has 0 aliphatic carbocycles. The average molecular weight is 253 g/mol. The van der Waals surface area contributed by atoms with Crippen molar-refractivity contribution in [2.75, 3.05) is 7.11 Å². The number of nitrogens with one attached hydrogen (secondary N) is 1. The van der Waals surface area contributed by atoms with Crippen molar-refractivity contribution in [1.82, 2.24) is 5.32 Å². The van der Waals surface area contributed by atoms with Crippen molar-refractivity contribution in [2.24, 2.45) is 11.1 Å². The predicted octanol–water partition coefficient (Wildman–Crippen LogP) is 0.617. The maximum Gasteiger partial charge on any atom is 0.312 e. The molecule has 0 aromatic carbocycles. The highest BCUT2D eigenvalue weighted by Crippen LogP contribution is 2.20. The third-order valence-electron chi connectivity index (χ3n) is 2.34. The molecule has 0 amide bonds. The van der Waals surface area contributed by atoms with Crippen molar-refractivity contribution >= 4 is 18.4 Å². The number of ether oxygens (including phenoxy) is 2. The van der Waals surface area contributed by atoms with Gasteiger partial charge in [-0.25, -0.2) is 0 Å². The number of carbonyl (C=O) groups excluding carboxylic acids is 1. The largest absolute Gasteiger partial charge is 0.446 e. The van der Waals surface area contributed by atoms with E-state index in [1.165, 1.54) is 0 Å². The third-order valence-corrected chi connectivity index (χ3v) is 2.34. The van der Waals surface area contributed by atoms with E-state index in [0.29, 0.717) is 6.42 Å². The highest BCUT2D eigenvalue weighted by atomic mass is 35.5. The Bertz CT molecular complexity index is 243. The van der Waals surface area contributed by atoms with Gasteiger partial charge >= 0.3 is 5.97 Å². The second-order valence-corrected chi connectivity index (χ2v) is 4.87. The molecule has 1 saturated heterocycles. The van der Waals surface area contributed by atoms with Crippen LogP contribution in [0.25, 0.3) is 0 Å². The van der Waals surface area contributed by atoms with Crippen LogP contribution in [-0.4, -0.2) is 31.6 Å². The normalized spacial score (nSPS) is 29.7. The van der Waals surface area contributed by atoms with Gasteiger partial charge in [0.05, 0.1) is 5.41 Å². The van der Waals surface area contributed by atoms with Crippen LogP contribution in [0.15, 0.2) is 0 Å². The lowest BCUT2D eigenvalue weighted by atomic mass is 9.97. The van der Waals surface area contributed by atoms with Gasteiger partial charge in [-0.3, -0.25) is 10.1 Å². The second-order valence-electron chi connectivity index (χ2n) is 4.87. The molecule has 0 spiro atoms. The van der Waals surface area contributed by atoms with Crippen LogP contribution >= 0.6 is 12.4 Å². The fraction of sp³-hybridized carbons (Fsp3) is 0.900. The summed E-state index contributed by atoms with van der Waals surface area (Å²) >= 11 is 0. The maximum absolute atomic E-state index is 11.6. The number of nitrogens with two attached hydrogens (primary N) is 1. The van der Waals surface area contributed by atoms with Crippen LogP contribution in [0, 0.1) is 5.41 Å². The molecule has 0 bridgehead atoms. The molecule has 1 aliphatic rings. The van der Waals surface area contributed by atoms with Gasteiger partial charge in [0.2, 0.25) is 0 Å². The average Bonchev–Trinajstić information content (AvgIpc) is 2.44. The number of halogens is 1. The Balaban J connectivity index is 0.00000225. The van der Waals surface area contributed by atoms with E-state index < -0.39 is 5.41 Å². The van der Waals surface area contributed by atoms with E-state index in [1.54, 1.807) is 7.11 Å². The van der Waals surface area contributed by atoms with Crippen molar-refractivity contribution in [3.05, 3.63) is 0 Å². The molecule has 1 rings (SSSR count). The molecule has 3 unspecified atom stereocenters. The Labute approximate surface area is 102 Å². The first kappa shape index (κ1) is 15.6. The van der Waals surface area contributed by atoms with E-state index in [4.69, 9.17) is 15.2 Å². The summed E-state index contributed by atoms with van der Waals surface area (Å²) < 4.78 is 10.4. The van der Waals surface area contributed by atoms with Crippen molar-refractivity contribution in [3.8, 4) is 0 Å². The summed E-state index contributed by atoms with van der Waals surface area (Å²) in [7, 11) is 1.57. The molecule has 0 aromatic heterocycles. The van der Waals surface area contributed by atoms with Crippen LogP contribution in [-0.2, 0) is 14.3 Å². The summed E-state index contributed by atoms with van der Waals surface area (Å²) in [6.07, 6.45) is 0.0137. The van der Waals surface area contributed by atoms with Gasteiger partial charge in [-0.15, -0.1) is 12.4 Å². The van der Waals surface area contributed by atoms with E-state index in [-0.39, 0.29) is 36.9 Å². The summed E-state index contributed by atoms with van der Waals surface area (Å²) in [5.74, 6) is -0.232. The van der Waals surface area contributed by atoms with Crippen molar-refractivity contribution in [1.29, 1.82) is 0 Å². The molecule has 16 heavy (non-hydrogen) atoms. The highest BCUT2D eigenvalue weighted by Gasteiger charge is 2.35. The minimum absolute atomic E-state index is 0. The molecule has 0 radical (unpaired) electrons. The second kappa shape index (κ2) is 5.82. The monoisotopic (exact) mass is 252 g/mol. The fourth-order valence-electron chi connectivity index (χ4n) is 1.38. The fourth-order valence-corrected chi connectivity index (χ4v) is 1.38. The highest BCUT2D eigenvalue weighted by molar-refractivity contribution is 5.85. The molecular weight excluding hydrogens is 232 g/mol. The molecule has 1 heterocycles. The summed E-state index contributed by atoms with van der Waals surface area (Å²) in [5.41, 5.74) is 5.30. The van der Waals surface area contributed by atoms with Crippen LogP contribution in [0.2, 0.25) is 0 Å². The lowest BCUT2D eigenvalue weighted by molar-refractivity contribution is -0.160. The van der Waals surface area contributed by atoms with Gasteiger partial charge in [0.15, 0.2) is 6.23 Å². The van der Waals surface area contributed by atoms with Crippen molar-refractivity contribution in [2.45, 2.75) is 45.7 Å². The van der Waals surface area contributed by atoms with Gasteiger partial charge in [-0.2, -0.15) is 0 Å².